The molecule has 2 aromatic carbocycles. The molecule has 6 nitrogen and oxygen atoms in total. The molecule has 6 heteroatoms. The van der Waals surface area contributed by atoms with Gasteiger partial charge in [-0.05, 0) is 81.6 Å². The van der Waals surface area contributed by atoms with Crippen molar-refractivity contribution in [2.45, 2.75) is 46.6 Å². The number of carbonyl (C=O) groups excluding carboxylic acids is 2. The van der Waals surface area contributed by atoms with Crippen molar-refractivity contribution in [2.75, 3.05) is 23.8 Å². The van der Waals surface area contributed by atoms with Crippen LogP contribution in [0.3, 0.4) is 0 Å². The molecular weight excluding hydrogens is 378 g/mol. The second-order valence-electron chi connectivity index (χ2n) is 8.74. The minimum Gasteiger partial charge on any atom is -0.494 e. The maximum Gasteiger partial charge on any atom is 0.251 e. The van der Waals surface area contributed by atoms with Gasteiger partial charge in [0, 0.05) is 22.5 Å². The van der Waals surface area contributed by atoms with Crippen LogP contribution in [0, 0.1) is 5.92 Å². The van der Waals surface area contributed by atoms with Crippen LogP contribution in [0.2, 0.25) is 0 Å². The standard InChI is InChI=1S/C24H33N3O3/c1-17(2)14-15-30-21-12-10-20(11-13-21)26-22(28)16-25-19-8-6-18(7-9-19)23(29)27-24(3,4)5/h6-13,17,25H,14-16H2,1-5H3,(H,26,28)(H,27,29). The third kappa shape index (κ3) is 8.55. The molecule has 0 heterocycles. The molecule has 2 amide bonds. The number of amides is 2. The molecule has 3 N–H and O–H groups in total. The summed E-state index contributed by atoms with van der Waals surface area (Å²) in [5.74, 6) is 1.12. The molecule has 30 heavy (non-hydrogen) atoms. The molecule has 2 rings (SSSR count). The van der Waals surface area contributed by atoms with Gasteiger partial charge in [-0.1, -0.05) is 13.8 Å². The van der Waals surface area contributed by atoms with E-state index in [9.17, 15) is 9.59 Å². The lowest BCUT2D eigenvalue weighted by molar-refractivity contribution is -0.114. The molecule has 0 radical (unpaired) electrons. The van der Waals surface area contributed by atoms with Gasteiger partial charge < -0.3 is 20.7 Å². The van der Waals surface area contributed by atoms with Gasteiger partial charge in [0.05, 0.1) is 13.2 Å². The molecule has 162 valence electrons. The van der Waals surface area contributed by atoms with Gasteiger partial charge in [0.2, 0.25) is 5.91 Å². The highest BCUT2D eigenvalue weighted by molar-refractivity contribution is 5.95. The highest BCUT2D eigenvalue weighted by Crippen LogP contribution is 2.17. The first-order valence-electron chi connectivity index (χ1n) is 10.3. The fourth-order valence-electron chi connectivity index (χ4n) is 2.59. The first kappa shape index (κ1) is 23.3. The first-order chi connectivity index (χ1) is 14.1. The number of hydrogen-bond donors (Lipinski definition) is 3. The first-order valence-corrected chi connectivity index (χ1v) is 10.3. The normalized spacial score (nSPS) is 11.1. The maximum atomic E-state index is 12.2. The molecule has 0 aliphatic rings. The van der Waals surface area contributed by atoms with Crippen molar-refractivity contribution in [2.24, 2.45) is 5.92 Å². The van der Waals surface area contributed by atoms with Crippen LogP contribution in [0.1, 0.15) is 51.4 Å². The average molecular weight is 412 g/mol. The summed E-state index contributed by atoms with van der Waals surface area (Å²) in [4.78, 5) is 24.3. The van der Waals surface area contributed by atoms with Crippen LogP contribution in [-0.2, 0) is 4.79 Å². The highest BCUT2D eigenvalue weighted by Gasteiger charge is 2.15. The van der Waals surface area contributed by atoms with E-state index in [2.05, 4.69) is 29.8 Å². The Morgan fingerprint density at radius 3 is 2.10 bits per heavy atom. The summed E-state index contributed by atoms with van der Waals surface area (Å²) in [5.41, 5.74) is 1.78. The second kappa shape index (κ2) is 10.7. The van der Waals surface area contributed by atoms with Gasteiger partial charge in [-0.3, -0.25) is 9.59 Å². The lowest BCUT2D eigenvalue weighted by Crippen LogP contribution is -2.40. The predicted molar refractivity (Wildman–Crippen MR) is 122 cm³/mol. The maximum absolute atomic E-state index is 12.2. The molecule has 0 saturated heterocycles. The van der Waals surface area contributed by atoms with Crippen molar-refractivity contribution in [3.63, 3.8) is 0 Å². The fraction of sp³-hybridized carbons (Fsp3) is 0.417. The second-order valence-corrected chi connectivity index (χ2v) is 8.74. The predicted octanol–water partition coefficient (Wildman–Crippen LogP) is 4.69. The summed E-state index contributed by atoms with van der Waals surface area (Å²) in [6, 6.07) is 14.4. The molecule has 2 aromatic rings. The molecule has 0 atom stereocenters. The van der Waals surface area contributed by atoms with Crippen LogP contribution < -0.4 is 20.7 Å². The summed E-state index contributed by atoms with van der Waals surface area (Å²) >= 11 is 0. The van der Waals surface area contributed by atoms with Crippen LogP contribution in [-0.4, -0.2) is 30.5 Å². The van der Waals surface area contributed by atoms with Gasteiger partial charge >= 0.3 is 0 Å². The lowest BCUT2D eigenvalue weighted by Gasteiger charge is -2.20. The zero-order valence-corrected chi connectivity index (χ0v) is 18.5. The minimum absolute atomic E-state index is 0.122. The van der Waals surface area contributed by atoms with E-state index in [1.807, 2.05) is 45.0 Å². The Kier molecular flexibility index (Phi) is 8.27. The van der Waals surface area contributed by atoms with Crippen LogP contribution in [0.15, 0.2) is 48.5 Å². The van der Waals surface area contributed by atoms with E-state index < -0.39 is 0 Å². The minimum atomic E-state index is -0.287. The molecule has 0 unspecified atom stereocenters. The molecule has 0 fully saturated rings. The fourth-order valence-corrected chi connectivity index (χ4v) is 2.59. The third-order valence-corrected chi connectivity index (χ3v) is 4.19. The monoisotopic (exact) mass is 411 g/mol. The van der Waals surface area contributed by atoms with E-state index in [4.69, 9.17) is 4.74 Å². The zero-order chi connectivity index (χ0) is 22.1. The van der Waals surface area contributed by atoms with E-state index in [0.717, 1.165) is 17.9 Å². The average Bonchev–Trinajstić information content (AvgIpc) is 2.66. The number of nitrogens with one attached hydrogen (secondary N) is 3. The van der Waals surface area contributed by atoms with Crippen molar-refractivity contribution in [3.8, 4) is 5.75 Å². The third-order valence-electron chi connectivity index (χ3n) is 4.19. The number of anilines is 2. The summed E-state index contributed by atoms with van der Waals surface area (Å²) in [7, 11) is 0. The Labute approximate surface area is 179 Å². The van der Waals surface area contributed by atoms with E-state index in [-0.39, 0.29) is 23.9 Å². The Morgan fingerprint density at radius 2 is 1.53 bits per heavy atom. The Balaban J connectivity index is 1.78. The van der Waals surface area contributed by atoms with E-state index in [1.54, 1.807) is 24.3 Å². The summed E-state index contributed by atoms with van der Waals surface area (Å²) in [6.07, 6.45) is 1.01. The Hall–Kier alpha value is -3.02. The molecule has 0 aromatic heterocycles. The molecule has 0 saturated carbocycles. The van der Waals surface area contributed by atoms with E-state index in [1.165, 1.54) is 0 Å². The Bertz CT molecular complexity index is 822. The van der Waals surface area contributed by atoms with Crippen molar-refractivity contribution in [1.29, 1.82) is 0 Å². The van der Waals surface area contributed by atoms with Crippen molar-refractivity contribution < 1.29 is 14.3 Å². The molecule has 0 bridgehead atoms. The SMILES string of the molecule is CC(C)CCOc1ccc(NC(=O)CNc2ccc(C(=O)NC(C)(C)C)cc2)cc1. The van der Waals surface area contributed by atoms with Gasteiger partial charge in [0.25, 0.3) is 5.91 Å². The van der Waals surface area contributed by atoms with E-state index in [0.29, 0.717) is 23.8 Å². The van der Waals surface area contributed by atoms with Crippen LogP contribution in [0.25, 0.3) is 0 Å². The summed E-state index contributed by atoms with van der Waals surface area (Å²) < 4.78 is 5.68. The zero-order valence-electron chi connectivity index (χ0n) is 18.5. The number of ether oxygens (including phenoxy) is 1. The largest absolute Gasteiger partial charge is 0.494 e. The van der Waals surface area contributed by atoms with Gasteiger partial charge in [0.1, 0.15) is 5.75 Å². The van der Waals surface area contributed by atoms with Crippen molar-refractivity contribution in [1.82, 2.24) is 5.32 Å². The van der Waals surface area contributed by atoms with Crippen LogP contribution in [0.4, 0.5) is 11.4 Å². The molecule has 0 aliphatic heterocycles. The molecular formula is C24H33N3O3. The highest BCUT2D eigenvalue weighted by atomic mass is 16.5. The number of benzene rings is 2. The Morgan fingerprint density at radius 1 is 0.933 bits per heavy atom. The van der Waals surface area contributed by atoms with Crippen LogP contribution in [0.5, 0.6) is 5.75 Å². The topological polar surface area (TPSA) is 79.5 Å². The molecule has 0 spiro atoms. The van der Waals surface area contributed by atoms with Gasteiger partial charge in [-0.25, -0.2) is 0 Å². The number of rotatable bonds is 9. The van der Waals surface area contributed by atoms with Crippen molar-refractivity contribution >= 4 is 23.2 Å². The van der Waals surface area contributed by atoms with E-state index >= 15 is 0 Å². The molecule has 0 aliphatic carbocycles. The van der Waals surface area contributed by atoms with Crippen LogP contribution >= 0.6 is 0 Å². The number of hydrogen-bond acceptors (Lipinski definition) is 4. The summed E-state index contributed by atoms with van der Waals surface area (Å²) in [6.45, 7) is 10.9. The lowest BCUT2D eigenvalue weighted by atomic mass is 10.1. The quantitative estimate of drug-likeness (QED) is 0.559. The summed E-state index contributed by atoms with van der Waals surface area (Å²) in [5, 5.41) is 8.83. The number of carbonyl (C=O) groups is 2. The van der Waals surface area contributed by atoms with Gasteiger partial charge in [-0.2, -0.15) is 0 Å². The van der Waals surface area contributed by atoms with Gasteiger partial charge in [-0.15, -0.1) is 0 Å². The van der Waals surface area contributed by atoms with Gasteiger partial charge in [0.15, 0.2) is 0 Å². The van der Waals surface area contributed by atoms with Crippen molar-refractivity contribution in [3.05, 3.63) is 54.1 Å². The smallest absolute Gasteiger partial charge is 0.251 e.